The number of para-hydroxylation sites is 2. The minimum atomic E-state index is -1.87. The van der Waals surface area contributed by atoms with Gasteiger partial charge in [-0.05, 0) is 37.6 Å². The summed E-state index contributed by atoms with van der Waals surface area (Å²) in [5.74, 6) is -1.53. The van der Waals surface area contributed by atoms with E-state index in [4.69, 9.17) is 4.42 Å². The molecule has 2 aliphatic rings. The van der Waals surface area contributed by atoms with E-state index in [2.05, 4.69) is 4.98 Å². The van der Waals surface area contributed by atoms with Gasteiger partial charge in [0.1, 0.15) is 5.58 Å². The summed E-state index contributed by atoms with van der Waals surface area (Å²) >= 11 is 1.02. The molecular weight excluding hydrogens is 538 g/mol. The van der Waals surface area contributed by atoms with Gasteiger partial charge in [0.15, 0.2) is 21.9 Å². The van der Waals surface area contributed by atoms with Gasteiger partial charge in [-0.2, -0.15) is 0 Å². The predicted molar refractivity (Wildman–Crippen MR) is 156 cm³/mol. The molecule has 202 valence electrons. The summed E-state index contributed by atoms with van der Waals surface area (Å²) in [6.45, 7) is 5.32. The second kappa shape index (κ2) is 8.81. The van der Waals surface area contributed by atoms with E-state index in [1.54, 1.807) is 48.2 Å². The molecule has 1 spiro atoms. The average molecular weight is 562 g/mol. The molecule has 1 atom stereocenters. The molecule has 2 amide bonds. The highest BCUT2D eigenvalue weighted by atomic mass is 32.1. The molecule has 5 aromatic rings. The van der Waals surface area contributed by atoms with E-state index < -0.39 is 22.8 Å². The minimum Gasteiger partial charge on any atom is -0.450 e. The van der Waals surface area contributed by atoms with E-state index in [9.17, 15) is 19.2 Å². The Balaban J connectivity index is 1.56. The maximum absolute atomic E-state index is 14.9. The van der Waals surface area contributed by atoms with Gasteiger partial charge in [0, 0.05) is 12.5 Å². The third-order valence-electron chi connectivity index (χ3n) is 7.75. The highest BCUT2D eigenvalue weighted by Crippen LogP contribution is 2.55. The Morgan fingerprint density at radius 3 is 2.49 bits per heavy atom. The monoisotopic (exact) mass is 561 g/mol. The number of rotatable bonds is 4. The summed E-state index contributed by atoms with van der Waals surface area (Å²) in [5, 5.41) is 0.413. The lowest BCUT2D eigenvalue weighted by Crippen LogP contribution is -2.53. The molecule has 9 heteroatoms. The highest BCUT2D eigenvalue weighted by Gasteiger charge is 2.66. The number of benzene rings is 3. The van der Waals surface area contributed by atoms with Crippen LogP contribution >= 0.6 is 11.3 Å². The number of amides is 2. The van der Waals surface area contributed by atoms with E-state index in [1.807, 2.05) is 43.3 Å². The van der Waals surface area contributed by atoms with Crippen molar-refractivity contribution in [1.82, 2.24) is 4.98 Å². The normalized spacial score (nSPS) is 17.5. The average Bonchev–Trinajstić information content (AvgIpc) is 3.54. The number of nitrogens with zero attached hydrogens (tertiary/aromatic N) is 3. The second-order valence-corrected chi connectivity index (χ2v) is 11.3. The van der Waals surface area contributed by atoms with Gasteiger partial charge in [-0.25, -0.2) is 4.98 Å². The molecule has 0 saturated carbocycles. The molecule has 3 aromatic carbocycles. The molecule has 41 heavy (non-hydrogen) atoms. The summed E-state index contributed by atoms with van der Waals surface area (Å²) in [7, 11) is 0. The Kier molecular flexibility index (Phi) is 5.39. The highest BCUT2D eigenvalue weighted by molar-refractivity contribution is 7.17. The fraction of sp³-hybridized carbons (Fsp3) is 0.156. The molecule has 0 saturated heterocycles. The van der Waals surface area contributed by atoms with Gasteiger partial charge >= 0.3 is 0 Å². The number of hydrogen-bond acceptors (Lipinski definition) is 7. The Hall–Kier alpha value is -4.89. The Bertz CT molecular complexity index is 2030. The van der Waals surface area contributed by atoms with E-state index in [-0.39, 0.29) is 39.8 Å². The number of fused-ring (bicyclic) bond motifs is 5. The van der Waals surface area contributed by atoms with Crippen LogP contribution in [0.25, 0.3) is 11.0 Å². The molecule has 0 fully saturated rings. The molecule has 4 heterocycles. The van der Waals surface area contributed by atoms with Crippen LogP contribution in [0.2, 0.25) is 0 Å². The summed E-state index contributed by atoms with van der Waals surface area (Å²) in [5.41, 5.74) is 1.32. The maximum Gasteiger partial charge on any atom is 0.297 e. The van der Waals surface area contributed by atoms with E-state index >= 15 is 0 Å². The molecule has 0 N–H and O–H groups in total. The van der Waals surface area contributed by atoms with Gasteiger partial charge in [-0.15, -0.1) is 0 Å². The van der Waals surface area contributed by atoms with E-state index in [1.165, 1.54) is 11.8 Å². The first-order chi connectivity index (χ1) is 19.7. The van der Waals surface area contributed by atoms with Crippen molar-refractivity contribution >= 4 is 50.7 Å². The molecule has 0 aliphatic carbocycles. The van der Waals surface area contributed by atoms with Crippen molar-refractivity contribution in [2.24, 2.45) is 0 Å². The van der Waals surface area contributed by atoms with Gasteiger partial charge in [0.25, 0.3) is 11.8 Å². The van der Waals surface area contributed by atoms with Gasteiger partial charge in [-0.1, -0.05) is 71.5 Å². The summed E-state index contributed by atoms with van der Waals surface area (Å²) in [6, 6.07) is 21.7. The second-order valence-electron chi connectivity index (χ2n) is 10.3. The standard InChI is InChI=1S/C32H23N3O5S/c1-17-9-8-10-20(15-17)16-34-23-13-6-5-12-22(23)32(30(34)39)25-26(37)21-11-4-7-14-24(21)40-27(25)29(38)35(32)31-33-18(2)28(41-31)19(3)36/h4-15H,16H2,1-3H3. The van der Waals surface area contributed by atoms with Crippen LogP contribution in [0.3, 0.4) is 0 Å². The number of thiazole rings is 1. The van der Waals surface area contributed by atoms with Crippen molar-refractivity contribution in [3.05, 3.63) is 122 Å². The van der Waals surface area contributed by atoms with Crippen molar-refractivity contribution in [2.75, 3.05) is 9.80 Å². The number of Topliss-reactive ketones (excluding diaryl/α,β-unsaturated/α-hetero) is 1. The van der Waals surface area contributed by atoms with Crippen molar-refractivity contribution in [2.45, 2.75) is 32.9 Å². The maximum atomic E-state index is 14.9. The molecule has 2 aromatic heterocycles. The Morgan fingerprint density at radius 2 is 1.73 bits per heavy atom. The van der Waals surface area contributed by atoms with Gasteiger partial charge < -0.3 is 9.32 Å². The number of aryl methyl sites for hydroxylation is 2. The zero-order valence-corrected chi connectivity index (χ0v) is 23.2. The number of aromatic nitrogens is 1. The zero-order valence-electron chi connectivity index (χ0n) is 22.4. The van der Waals surface area contributed by atoms with Gasteiger partial charge in [0.05, 0.1) is 33.8 Å². The lowest BCUT2D eigenvalue weighted by molar-refractivity contribution is -0.121. The number of anilines is 2. The van der Waals surface area contributed by atoms with Crippen LogP contribution in [0.4, 0.5) is 10.8 Å². The number of hydrogen-bond donors (Lipinski definition) is 0. The lowest BCUT2D eigenvalue weighted by atomic mass is 9.84. The van der Waals surface area contributed by atoms with Crippen LogP contribution in [-0.2, 0) is 16.9 Å². The first-order valence-electron chi connectivity index (χ1n) is 13.1. The first-order valence-corrected chi connectivity index (χ1v) is 13.9. The molecule has 0 radical (unpaired) electrons. The molecule has 0 bridgehead atoms. The van der Waals surface area contributed by atoms with Crippen molar-refractivity contribution in [1.29, 1.82) is 0 Å². The van der Waals surface area contributed by atoms with Crippen LogP contribution < -0.4 is 15.2 Å². The first kappa shape index (κ1) is 25.1. The van der Waals surface area contributed by atoms with Crippen LogP contribution in [-0.4, -0.2) is 22.6 Å². The third kappa shape index (κ3) is 3.35. The smallest absolute Gasteiger partial charge is 0.297 e. The number of carbonyl (C=O) groups excluding carboxylic acids is 3. The van der Waals surface area contributed by atoms with Gasteiger partial charge in [-0.3, -0.25) is 24.1 Å². The van der Waals surface area contributed by atoms with Crippen LogP contribution in [0.1, 0.15) is 55.1 Å². The predicted octanol–water partition coefficient (Wildman–Crippen LogP) is 5.52. The van der Waals surface area contributed by atoms with Crippen LogP contribution in [0.15, 0.2) is 82.0 Å². The van der Waals surface area contributed by atoms with Crippen LogP contribution in [0.5, 0.6) is 0 Å². The zero-order chi connectivity index (χ0) is 28.6. The Labute approximate surface area is 238 Å². The van der Waals surface area contributed by atoms with Crippen LogP contribution in [0, 0.1) is 13.8 Å². The summed E-state index contributed by atoms with van der Waals surface area (Å²) in [6.07, 6.45) is 0. The number of carbonyl (C=O) groups is 3. The molecule has 8 nitrogen and oxygen atoms in total. The SMILES string of the molecule is CC(=O)c1sc(N2C(=O)c3oc4ccccc4c(=O)c3C23C(=O)N(Cc2cccc(C)c2)c2ccccc23)nc1C. The largest absolute Gasteiger partial charge is 0.450 e. The minimum absolute atomic E-state index is 0.0392. The van der Waals surface area contributed by atoms with E-state index in [0.717, 1.165) is 22.5 Å². The topological polar surface area (TPSA) is 101 Å². The van der Waals surface area contributed by atoms with E-state index in [0.29, 0.717) is 21.8 Å². The van der Waals surface area contributed by atoms with Crippen molar-refractivity contribution in [3.8, 4) is 0 Å². The van der Waals surface area contributed by atoms with Gasteiger partial charge in [0.2, 0.25) is 5.76 Å². The van der Waals surface area contributed by atoms with Crippen molar-refractivity contribution in [3.63, 3.8) is 0 Å². The summed E-state index contributed by atoms with van der Waals surface area (Å²) in [4.78, 5) is 63.7. The third-order valence-corrected chi connectivity index (χ3v) is 8.99. The molecular formula is C32H23N3O5S. The molecule has 7 rings (SSSR count). The lowest BCUT2D eigenvalue weighted by Gasteiger charge is -2.32. The number of ketones is 1. The molecule has 2 aliphatic heterocycles. The summed E-state index contributed by atoms with van der Waals surface area (Å²) < 4.78 is 6.10. The van der Waals surface area contributed by atoms with Crippen molar-refractivity contribution < 1.29 is 18.8 Å². The quantitative estimate of drug-likeness (QED) is 0.268. The molecule has 1 unspecified atom stereocenters. The Morgan fingerprint density at radius 1 is 0.976 bits per heavy atom. The fourth-order valence-electron chi connectivity index (χ4n) is 6.06. The fourth-order valence-corrected chi connectivity index (χ4v) is 7.08.